The Morgan fingerprint density at radius 3 is 2.71 bits per heavy atom. The molecule has 2 unspecified atom stereocenters. The Kier molecular flexibility index (Phi) is 4.82. The van der Waals surface area contributed by atoms with E-state index >= 15 is 0 Å². The van der Waals surface area contributed by atoms with Crippen molar-refractivity contribution in [2.24, 2.45) is 5.92 Å². The van der Waals surface area contributed by atoms with E-state index in [4.69, 9.17) is 5.26 Å². The van der Waals surface area contributed by atoms with Gasteiger partial charge in [0.05, 0.1) is 12.1 Å². The first-order chi connectivity index (χ1) is 8.35. The summed E-state index contributed by atoms with van der Waals surface area (Å²) in [5, 5.41) is 12.0. The van der Waals surface area contributed by atoms with Gasteiger partial charge in [-0.25, -0.2) is 0 Å². The van der Waals surface area contributed by atoms with E-state index < -0.39 is 0 Å². The number of nitriles is 1. The molecule has 0 aromatic heterocycles. The van der Waals surface area contributed by atoms with E-state index in [-0.39, 0.29) is 6.04 Å². The maximum absolute atomic E-state index is 8.95. The second kappa shape index (κ2) is 6.37. The number of nitrogens with one attached hydrogen (secondary N) is 1. The highest BCUT2D eigenvalue weighted by Crippen LogP contribution is 2.35. The van der Waals surface area contributed by atoms with Crippen LogP contribution < -0.4 is 5.32 Å². The van der Waals surface area contributed by atoms with Crippen molar-refractivity contribution in [3.05, 3.63) is 0 Å². The van der Waals surface area contributed by atoms with Gasteiger partial charge in [0.2, 0.25) is 0 Å². The van der Waals surface area contributed by atoms with Crippen molar-refractivity contribution >= 4 is 0 Å². The third kappa shape index (κ3) is 3.20. The standard InChI is InChI=1S/C14H25N3/c1-16-13(11-15)8-10-17-9-4-7-14(17)12-5-2-3-6-12/h12-14,16H,2-10H2,1H3. The Morgan fingerprint density at radius 2 is 2.06 bits per heavy atom. The summed E-state index contributed by atoms with van der Waals surface area (Å²) in [5.74, 6) is 0.952. The Morgan fingerprint density at radius 1 is 1.29 bits per heavy atom. The Labute approximate surface area is 105 Å². The summed E-state index contributed by atoms with van der Waals surface area (Å²) in [6.45, 7) is 2.35. The van der Waals surface area contributed by atoms with Gasteiger partial charge in [0.1, 0.15) is 0 Å². The van der Waals surface area contributed by atoms with Crippen molar-refractivity contribution in [3.63, 3.8) is 0 Å². The van der Waals surface area contributed by atoms with Gasteiger partial charge < -0.3 is 10.2 Å². The van der Waals surface area contributed by atoms with Crippen LogP contribution in [0.3, 0.4) is 0 Å². The predicted molar refractivity (Wildman–Crippen MR) is 69.6 cm³/mol. The zero-order valence-electron chi connectivity index (χ0n) is 11.0. The van der Waals surface area contributed by atoms with Crippen molar-refractivity contribution in [2.45, 2.75) is 57.0 Å². The van der Waals surface area contributed by atoms with Crippen molar-refractivity contribution in [1.29, 1.82) is 5.26 Å². The molecule has 0 bridgehead atoms. The topological polar surface area (TPSA) is 39.1 Å². The summed E-state index contributed by atoms with van der Waals surface area (Å²) in [5.41, 5.74) is 0. The van der Waals surface area contributed by atoms with Gasteiger partial charge in [-0.3, -0.25) is 0 Å². The van der Waals surface area contributed by atoms with Crippen LogP contribution in [0.1, 0.15) is 44.9 Å². The van der Waals surface area contributed by atoms with Gasteiger partial charge in [-0.2, -0.15) is 5.26 Å². The average Bonchev–Trinajstić information content (AvgIpc) is 3.00. The molecule has 2 aliphatic rings. The fourth-order valence-electron chi connectivity index (χ4n) is 3.57. The molecule has 1 N–H and O–H groups in total. The molecule has 96 valence electrons. The van der Waals surface area contributed by atoms with Gasteiger partial charge >= 0.3 is 0 Å². The lowest BCUT2D eigenvalue weighted by Crippen LogP contribution is -2.38. The average molecular weight is 235 g/mol. The van der Waals surface area contributed by atoms with Gasteiger partial charge in [-0.05, 0) is 51.6 Å². The van der Waals surface area contributed by atoms with Crippen LogP contribution >= 0.6 is 0 Å². The monoisotopic (exact) mass is 235 g/mol. The fraction of sp³-hybridized carbons (Fsp3) is 0.929. The largest absolute Gasteiger partial charge is 0.305 e. The minimum Gasteiger partial charge on any atom is -0.305 e. The maximum atomic E-state index is 8.95. The van der Waals surface area contributed by atoms with Crippen LogP contribution in [0.15, 0.2) is 0 Å². The van der Waals surface area contributed by atoms with Crippen LogP contribution in [0.2, 0.25) is 0 Å². The molecule has 2 atom stereocenters. The maximum Gasteiger partial charge on any atom is 0.0962 e. The highest BCUT2D eigenvalue weighted by Gasteiger charge is 2.32. The molecule has 2 rings (SSSR count). The van der Waals surface area contributed by atoms with Crippen LogP contribution in [0, 0.1) is 17.2 Å². The summed E-state index contributed by atoms with van der Waals surface area (Å²) in [6.07, 6.45) is 9.47. The van der Waals surface area contributed by atoms with Crippen molar-refractivity contribution in [2.75, 3.05) is 20.1 Å². The second-order valence-electron chi connectivity index (χ2n) is 5.55. The molecule has 1 aliphatic heterocycles. The molecule has 3 heteroatoms. The number of hydrogen-bond acceptors (Lipinski definition) is 3. The lowest BCUT2D eigenvalue weighted by molar-refractivity contribution is 0.186. The molecule has 3 nitrogen and oxygen atoms in total. The van der Waals surface area contributed by atoms with E-state index in [1.54, 1.807) is 0 Å². The van der Waals surface area contributed by atoms with Crippen molar-refractivity contribution in [1.82, 2.24) is 10.2 Å². The van der Waals surface area contributed by atoms with E-state index in [1.807, 2.05) is 7.05 Å². The number of hydrogen-bond donors (Lipinski definition) is 1. The fourth-order valence-corrected chi connectivity index (χ4v) is 3.57. The van der Waals surface area contributed by atoms with E-state index in [1.165, 1.54) is 45.1 Å². The lowest BCUT2D eigenvalue weighted by atomic mass is 9.96. The minimum atomic E-state index is 0.0276. The first kappa shape index (κ1) is 12.9. The minimum absolute atomic E-state index is 0.0276. The summed E-state index contributed by atoms with van der Waals surface area (Å²) >= 11 is 0. The van der Waals surface area contributed by atoms with E-state index in [2.05, 4.69) is 16.3 Å². The molecule has 17 heavy (non-hydrogen) atoms. The molecule has 0 spiro atoms. The van der Waals surface area contributed by atoms with Gasteiger partial charge in [-0.15, -0.1) is 0 Å². The Hall–Kier alpha value is -0.590. The Bertz CT molecular complexity index is 265. The quantitative estimate of drug-likeness (QED) is 0.793. The summed E-state index contributed by atoms with van der Waals surface area (Å²) < 4.78 is 0. The molecule has 0 aromatic rings. The van der Waals surface area contributed by atoms with Crippen LogP contribution in [0.25, 0.3) is 0 Å². The SMILES string of the molecule is CNC(C#N)CCN1CCCC1C1CCCC1. The summed E-state index contributed by atoms with van der Waals surface area (Å²) in [7, 11) is 1.88. The smallest absolute Gasteiger partial charge is 0.0962 e. The lowest BCUT2D eigenvalue weighted by Gasteiger charge is -2.29. The predicted octanol–water partition coefficient (Wildman–Crippen LogP) is 2.14. The first-order valence-corrected chi connectivity index (χ1v) is 7.16. The molecular formula is C14H25N3. The zero-order chi connectivity index (χ0) is 12.1. The molecule has 1 heterocycles. The van der Waals surface area contributed by atoms with E-state index in [0.717, 1.165) is 24.9 Å². The van der Waals surface area contributed by atoms with Crippen LogP contribution in [-0.2, 0) is 0 Å². The molecule has 0 radical (unpaired) electrons. The number of rotatable bonds is 5. The number of likely N-dealkylation sites (tertiary alicyclic amines) is 1. The number of nitrogens with zero attached hydrogens (tertiary/aromatic N) is 2. The van der Waals surface area contributed by atoms with Crippen LogP contribution in [0.5, 0.6) is 0 Å². The van der Waals surface area contributed by atoms with Gasteiger partial charge in [0, 0.05) is 12.6 Å². The summed E-state index contributed by atoms with van der Waals surface area (Å²) in [6, 6.07) is 3.18. The van der Waals surface area contributed by atoms with Gasteiger partial charge in [-0.1, -0.05) is 12.8 Å². The third-order valence-corrected chi connectivity index (χ3v) is 4.57. The van der Waals surface area contributed by atoms with E-state index in [9.17, 15) is 0 Å². The van der Waals surface area contributed by atoms with E-state index in [0.29, 0.717) is 0 Å². The van der Waals surface area contributed by atoms with Crippen molar-refractivity contribution in [3.8, 4) is 6.07 Å². The van der Waals surface area contributed by atoms with Gasteiger partial charge in [0.25, 0.3) is 0 Å². The zero-order valence-corrected chi connectivity index (χ0v) is 11.0. The first-order valence-electron chi connectivity index (χ1n) is 7.16. The Balaban J connectivity index is 1.80. The molecule has 0 amide bonds. The normalized spacial score (nSPS) is 28.4. The third-order valence-electron chi connectivity index (χ3n) is 4.57. The molecular weight excluding hydrogens is 210 g/mol. The molecule has 1 saturated carbocycles. The van der Waals surface area contributed by atoms with Gasteiger partial charge in [0.15, 0.2) is 0 Å². The van der Waals surface area contributed by atoms with Crippen LogP contribution in [0.4, 0.5) is 0 Å². The van der Waals surface area contributed by atoms with Crippen LogP contribution in [-0.4, -0.2) is 37.1 Å². The highest BCUT2D eigenvalue weighted by molar-refractivity contribution is 4.92. The molecule has 1 saturated heterocycles. The molecule has 2 fully saturated rings. The molecule has 1 aliphatic carbocycles. The van der Waals surface area contributed by atoms with Crippen molar-refractivity contribution < 1.29 is 0 Å². The molecule has 0 aromatic carbocycles. The highest BCUT2D eigenvalue weighted by atomic mass is 15.2. The second-order valence-corrected chi connectivity index (χ2v) is 5.55. The summed E-state index contributed by atoms with van der Waals surface area (Å²) in [4.78, 5) is 2.65.